The number of ketones is 1. The van der Waals surface area contributed by atoms with Gasteiger partial charge in [-0.1, -0.05) is 30.3 Å². The molecule has 1 aromatic carbocycles. The maximum atomic E-state index is 11.3. The van der Waals surface area contributed by atoms with Crippen molar-refractivity contribution in [3.63, 3.8) is 0 Å². The summed E-state index contributed by atoms with van der Waals surface area (Å²) < 4.78 is 0. The van der Waals surface area contributed by atoms with Gasteiger partial charge in [0.25, 0.3) is 0 Å². The number of Topliss-reactive ketones (excluding diaryl/α,β-unsaturated/α-hetero) is 1. The molecule has 2 rings (SSSR count). The summed E-state index contributed by atoms with van der Waals surface area (Å²) in [4.78, 5) is 12.4. The average molecular weight is 231 g/mol. The lowest BCUT2D eigenvalue weighted by atomic mass is 10.1. The van der Waals surface area contributed by atoms with Crippen LogP contribution in [-0.4, -0.2) is 5.78 Å². The quantitative estimate of drug-likeness (QED) is 0.825. The fourth-order valence-corrected chi connectivity index (χ4v) is 2.63. The largest absolute Gasteiger partial charge is 0.390 e. The molecule has 82 valence electrons. The van der Waals surface area contributed by atoms with E-state index in [1.807, 2.05) is 24.3 Å². The average Bonchev–Trinajstić information content (AvgIpc) is 2.61. The predicted molar refractivity (Wildman–Crippen MR) is 68.0 cm³/mol. The molecule has 0 aliphatic heterocycles. The van der Waals surface area contributed by atoms with Gasteiger partial charge in [-0.3, -0.25) is 4.79 Å². The first-order chi connectivity index (χ1) is 7.66. The molecule has 0 unspecified atom stereocenters. The van der Waals surface area contributed by atoms with E-state index in [0.29, 0.717) is 10.6 Å². The van der Waals surface area contributed by atoms with Gasteiger partial charge in [-0.2, -0.15) is 0 Å². The number of carbonyl (C=O) groups is 1. The van der Waals surface area contributed by atoms with Crippen molar-refractivity contribution < 1.29 is 4.79 Å². The molecule has 0 aliphatic rings. The van der Waals surface area contributed by atoms with Crippen LogP contribution in [0.4, 0.5) is 5.00 Å². The predicted octanol–water partition coefficient (Wildman–Crippen LogP) is 3.12. The first kappa shape index (κ1) is 10.9. The summed E-state index contributed by atoms with van der Waals surface area (Å²) in [5.74, 6) is 0.0352. The molecule has 3 heteroatoms. The smallest absolute Gasteiger partial charge is 0.162 e. The zero-order valence-corrected chi connectivity index (χ0v) is 9.88. The molecule has 0 fully saturated rings. The van der Waals surface area contributed by atoms with Crippen molar-refractivity contribution >= 4 is 22.1 Å². The topological polar surface area (TPSA) is 43.1 Å². The molecule has 2 aromatic rings. The molecule has 2 N–H and O–H groups in total. The van der Waals surface area contributed by atoms with Crippen LogP contribution in [0.15, 0.2) is 36.4 Å². The van der Waals surface area contributed by atoms with Gasteiger partial charge in [-0.05, 0) is 18.6 Å². The molecule has 16 heavy (non-hydrogen) atoms. The van der Waals surface area contributed by atoms with Gasteiger partial charge in [0, 0.05) is 11.3 Å². The van der Waals surface area contributed by atoms with Crippen molar-refractivity contribution in [3.05, 3.63) is 52.4 Å². The van der Waals surface area contributed by atoms with Gasteiger partial charge in [0.2, 0.25) is 0 Å². The molecule has 1 heterocycles. The van der Waals surface area contributed by atoms with E-state index in [4.69, 9.17) is 5.73 Å². The Balaban J connectivity index is 2.23. The van der Waals surface area contributed by atoms with Crippen LogP contribution in [0, 0.1) is 0 Å². The molecule has 0 atom stereocenters. The van der Waals surface area contributed by atoms with Gasteiger partial charge in [0.1, 0.15) is 0 Å². The van der Waals surface area contributed by atoms with Crippen LogP contribution in [0.5, 0.6) is 0 Å². The van der Waals surface area contributed by atoms with Crippen LogP contribution in [-0.2, 0) is 6.42 Å². The summed E-state index contributed by atoms with van der Waals surface area (Å²) in [6.07, 6.45) is 0.836. The Labute approximate surface area is 98.7 Å². The summed E-state index contributed by atoms with van der Waals surface area (Å²) in [6.45, 7) is 1.55. The summed E-state index contributed by atoms with van der Waals surface area (Å²) in [7, 11) is 0. The standard InChI is InChI=1S/C13H13NOS/c1-9(15)12-8-11(16-13(12)14)7-10-5-3-2-4-6-10/h2-6,8H,7,14H2,1H3. The van der Waals surface area contributed by atoms with Crippen molar-refractivity contribution in [3.8, 4) is 0 Å². The number of thiophene rings is 1. The molecule has 1 aromatic heterocycles. The van der Waals surface area contributed by atoms with Crippen molar-refractivity contribution in [2.75, 3.05) is 5.73 Å². The normalized spacial score (nSPS) is 10.3. The SMILES string of the molecule is CC(=O)c1cc(Cc2ccccc2)sc1N. The number of nitrogens with two attached hydrogens (primary N) is 1. The third-order valence-electron chi connectivity index (χ3n) is 2.41. The number of carbonyl (C=O) groups excluding carboxylic acids is 1. The second-order valence-electron chi connectivity index (χ2n) is 3.71. The maximum Gasteiger partial charge on any atom is 0.162 e. The third kappa shape index (κ3) is 2.31. The lowest BCUT2D eigenvalue weighted by Gasteiger charge is -1.96. The van der Waals surface area contributed by atoms with Crippen molar-refractivity contribution in [2.24, 2.45) is 0 Å². The van der Waals surface area contributed by atoms with E-state index in [2.05, 4.69) is 12.1 Å². The molecule has 0 saturated carbocycles. The number of hydrogen-bond donors (Lipinski definition) is 1. The molecule has 0 amide bonds. The van der Waals surface area contributed by atoms with Crippen LogP contribution in [0.25, 0.3) is 0 Å². The molecular formula is C13H13NOS. The van der Waals surface area contributed by atoms with E-state index >= 15 is 0 Å². The summed E-state index contributed by atoms with van der Waals surface area (Å²) in [6, 6.07) is 12.1. The van der Waals surface area contributed by atoms with E-state index < -0.39 is 0 Å². The van der Waals surface area contributed by atoms with Crippen molar-refractivity contribution in [2.45, 2.75) is 13.3 Å². The highest BCUT2D eigenvalue weighted by Gasteiger charge is 2.10. The van der Waals surface area contributed by atoms with Gasteiger partial charge < -0.3 is 5.73 Å². The lowest BCUT2D eigenvalue weighted by Crippen LogP contribution is -1.93. The van der Waals surface area contributed by atoms with Crippen LogP contribution >= 0.6 is 11.3 Å². The van der Waals surface area contributed by atoms with Gasteiger partial charge in [0.05, 0.1) is 10.6 Å². The lowest BCUT2D eigenvalue weighted by molar-refractivity contribution is 0.101. The Morgan fingerprint density at radius 3 is 2.56 bits per heavy atom. The minimum Gasteiger partial charge on any atom is -0.390 e. The molecule has 0 saturated heterocycles. The van der Waals surface area contributed by atoms with E-state index in [9.17, 15) is 4.79 Å². The van der Waals surface area contributed by atoms with E-state index in [0.717, 1.165) is 11.3 Å². The number of benzene rings is 1. The third-order valence-corrected chi connectivity index (χ3v) is 3.38. The van der Waals surface area contributed by atoms with Crippen LogP contribution in [0.2, 0.25) is 0 Å². The van der Waals surface area contributed by atoms with Gasteiger partial charge in [0.15, 0.2) is 5.78 Å². The highest BCUT2D eigenvalue weighted by Crippen LogP contribution is 2.27. The zero-order valence-electron chi connectivity index (χ0n) is 9.07. The zero-order chi connectivity index (χ0) is 11.5. The molecule has 2 nitrogen and oxygen atoms in total. The Morgan fingerprint density at radius 1 is 1.31 bits per heavy atom. The Hall–Kier alpha value is -1.61. The van der Waals surface area contributed by atoms with Crippen LogP contribution in [0.3, 0.4) is 0 Å². The first-order valence-electron chi connectivity index (χ1n) is 5.10. The summed E-state index contributed by atoms with van der Waals surface area (Å²) >= 11 is 1.49. The molecule has 0 aliphatic carbocycles. The Kier molecular flexibility index (Phi) is 3.06. The summed E-state index contributed by atoms with van der Waals surface area (Å²) in [5, 5.41) is 0.624. The van der Waals surface area contributed by atoms with Crippen LogP contribution < -0.4 is 5.73 Å². The second-order valence-corrected chi connectivity index (χ2v) is 4.88. The highest BCUT2D eigenvalue weighted by atomic mass is 32.1. The van der Waals surface area contributed by atoms with E-state index in [1.165, 1.54) is 16.9 Å². The van der Waals surface area contributed by atoms with Crippen molar-refractivity contribution in [1.29, 1.82) is 0 Å². The fraction of sp³-hybridized carbons (Fsp3) is 0.154. The monoisotopic (exact) mass is 231 g/mol. The van der Waals surface area contributed by atoms with Crippen molar-refractivity contribution in [1.82, 2.24) is 0 Å². The molecule has 0 radical (unpaired) electrons. The fourth-order valence-electron chi connectivity index (χ4n) is 1.62. The molecule has 0 spiro atoms. The summed E-state index contributed by atoms with van der Waals surface area (Å²) in [5.41, 5.74) is 7.68. The number of hydrogen-bond acceptors (Lipinski definition) is 3. The minimum atomic E-state index is 0.0352. The second kappa shape index (κ2) is 4.49. The van der Waals surface area contributed by atoms with E-state index in [1.54, 1.807) is 6.92 Å². The van der Waals surface area contributed by atoms with E-state index in [-0.39, 0.29) is 5.78 Å². The van der Waals surface area contributed by atoms with Crippen LogP contribution in [0.1, 0.15) is 27.7 Å². The first-order valence-corrected chi connectivity index (χ1v) is 5.91. The van der Waals surface area contributed by atoms with Gasteiger partial charge >= 0.3 is 0 Å². The molecular weight excluding hydrogens is 218 g/mol. The number of rotatable bonds is 3. The number of anilines is 1. The Bertz CT molecular complexity index is 502. The van der Waals surface area contributed by atoms with Gasteiger partial charge in [-0.25, -0.2) is 0 Å². The minimum absolute atomic E-state index is 0.0352. The van der Waals surface area contributed by atoms with Gasteiger partial charge in [-0.15, -0.1) is 11.3 Å². The number of nitrogen functional groups attached to an aromatic ring is 1. The highest BCUT2D eigenvalue weighted by molar-refractivity contribution is 7.16. The maximum absolute atomic E-state index is 11.3. The molecule has 0 bridgehead atoms. The Morgan fingerprint density at radius 2 is 2.00 bits per heavy atom.